The predicted octanol–water partition coefficient (Wildman–Crippen LogP) is 2.09. The maximum absolute atomic E-state index is 4.47. The minimum atomic E-state index is 0.212. The average Bonchev–Trinajstić information content (AvgIpc) is 2.18. The van der Waals surface area contributed by atoms with Gasteiger partial charge >= 0.3 is 0 Å². The molecule has 0 spiro atoms. The van der Waals surface area contributed by atoms with Gasteiger partial charge in [-0.1, -0.05) is 13.8 Å². The summed E-state index contributed by atoms with van der Waals surface area (Å²) in [7, 11) is 4.19. The summed E-state index contributed by atoms with van der Waals surface area (Å²) >= 11 is 0. The number of nitrogens with one attached hydrogen (secondary N) is 1. The highest BCUT2D eigenvalue weighted by molar-refractivity contribution is 5.33. The molecule has 0 saturated carbocycles. The Hall–Kier alpha value is -1.16. The van der Waals surface area contributed by atoms with E-state index >= 15 is 0 Å². The van der Waals surface area contributed by atoms with Gasteiger partial charge in [-0.25, -0.2) is 4.98 Å². The standard InChI is InChI=1S/C13H24N4/c1-10-11(2)16-12(7-14-10)15-8-13(3,4)9-17(5)6/h7H,8-9H2,1-6H3,(H,15,16). The van der Waals surface area contributed by atoms with Crippen LogP contribution in [0.5, 0.6) is 0 Å². The van der Waals surface area contributed by atoms with Crippen molar-refractivity contribution in [3.63, 3.8) is 0 Å². The lowest BCUT2D eigenvalue weighted by Crippen LogP contribution is -2.34. The molecule has 1 aromatic rings. The number of hydrogen-bond acceptors (Lipinski definition) is 4. The maximum atomic E-state index is 4.47. The van der Waals surface area contributed by atoms with Crippen LogP contribution in [0.15, 0.2) is 6.20 Å². The summed E-state index contributed by atoms with van der Waals surface area (Å²) in [5, 5.41) is 3.36. The Morgan fingerprint density at radius 1 is 1.24 bits per heavy atom. The van der Waals surface area contributed by atoms with Gasteiger partial charge in [-0.3, -0.25) is 4.98 Å². The van der Waals surface area contributed by atoms with E-state index in [1.165, 1.54) is 0 Å². The molecule has 0 aliphatic carbocycles. The quantitative estimate of drug-likeness (QED) is 0.850. The molecular formula is C13H24N4. The van der Waals surface area contributed by atoms with Crippen LogP contribution in [0.1, 0.15) is 25.2 Å². The normalized spacial score (nSPS) is 11.9. The third kappa shape index (κ3) is 4.69. The van der Waals surface area contributed by atoms with Gasteiger partial charge in [0.05, 0.1) is 17.6 Å². The molecule has 0 radical (unpaired) electrons. The van der Waals surface area contributed by atoms with E-state index in [0.29, 0.717) is 0 Å². The van der Waals surface area contributed by atoms with Crippen LogP contribution in [0.4, 0.5) is 5.82 Å². The minimum absolute atomic E-state index is 0.212. The Kier molecular flexibility index (Phi) is 4.46. The van der Waals surface area contributed by atoms with Crippen LogP contribution < -0.4 is 5.32 Å². The predicted molar refractivity (Wildman–Crippen MR) is 72.3 cm³/mol. The maximum Gasteiger partial charge on any atom is 0.144 e. The molecule has 1 aromatic heterocycles. The molecule has 0 aromatic carbocycles. The van der Waals surface area contributed by atoms with Gasteiger partial charge in [0.25, 0.3) is 0 Å². The second-order valence-corrected chi connectivity index (χ2v) is 5.68. The van der Waals surface area contributed by atoms with Gasteiger partial charge in [0.2, 0.25) is 0 Å². The first kappa shape index (κ1) is 13.9. The molecular weight excluding hydrogens is 212 g/mol. The first-order chi connectivity index (χ1) is 7.80. The number of rotatable bonds is 5. The Morgan fingerprint density at radius 3 is 2.41 bits per heavy atom. The molecule has 96 valence electrons. The molecule has 1 rings (SSSR count). The van der Waals surface area contributed by atoms with E-state index in [1.807, 2.05) is 13.8 Å². The molecule has 0 amide bonds. The number of hydrogen-bond donors (Lipinski definition) is 1. The summed E-state index contributed by atoms with van der Waals surface area (Å²) in [6.07, 6.45) is 1.80. The molecule has 0 saturated heterocycles. The molecule has 4 nitrogen and oxygen atoms in total. The Morgan fingerprint density at radius 2 is 1.88 bits per heavy atom. The van der Waals surface area contributed by atoms with Crippen LogP contribution in [0, 0.1) is 19.3 Å². The Balaban J connectivity index is 2.58. The lowest BCUT2D eigenvalue weighted by Gasteiger charge is -2.28. The van der Waals surface area contributed by atoms with Crippen molar-refractivity contribution in [2.24, 2.45) is 5.41 Å². The number of aryl methyl sites for hydroxylation is 2. The second-order valence-electron chi connectivity index (χ2n) is 5.68. The number of anilines is 1. The van der Waals surface area contributed by atoms with Gasteiger partial charge in [-0.2, -0.15) is 0 Å². The molecule has 0 fully saturated rings. The topological polar surface area (TPSA) is 41.1 Å². The van der Waals surface area contributed by atoms with Crippen molar-refractivity contribution in [3.8, 4) is 0 Å². The molecule has 17 heavy (non-hydrogen) atoms. The lowest BCUT2D eigenvalue weighted by atomic mass is 9.93. The average molecular weight is 236 g/mol. The van der Waals surface area contributed by atoms with Gasteiger partial charge < -0.3 is 10.2 Å². The van der Waals surface area contributed by atoms with Crippen molar-refractivity contribution in [1.82, 2.24) is 14.9 Å². The van der Waals surface area contributed by atoms with Crippen LogP contribution in [0.3, 0.4) is 0 Å². The van der Waals surface area contributed by atoms with E-state index in [2.05, 4.69) is 48.1 Å². The van der Waals surface area contributed by atoms with E-state index in [4.69, 9.17) is 0 Å². The summed E-state index contributed by atoms with van der Waals surface area (Å²) in [5.74, 6) is 0.861. The third-order valence-corrected chi connectivity index (χ3v) is 2.68. The molecule has 0 bridgehead atoms. The van der Waals surface area contributed by atoms with Crippen LogP contribution in [-0.2, 0) is 0 Å². The fourth-order valence-electron chi connectivity index (χ4n) is 1.87. The first-order valence-electron chi connectivity index (χ1n) is 5.99. The van der Waals surface area contributed by atoms with Gasteiger partial charge in [-0.05, 0) is 33.4 Å². The minimum Gasteiger partial charge on any atom is -0.368 e. The van der Waals surface area contributed by atoms with Crippen LogP contribution >= 0.6 is 0 Å². The van der Waals surface area contributed by atoms with E-state index in [0.717, 1.165) is 30.3 Å². The highest BCUT2D eigenvalue weighted by atomic mass is 15.1. The SMILES string of the molecule is Cc1ncc(NCC(C)(C)CN(C)C)nc1C. The van der Waals surface area contributed by atoms with Gasteiger partial charge in [0.15, 0.2) is 0 Å². The van der Waals surface area contributed by atoms with Crippen molar-refractivity contribution in [2.75, 3.05) is 32.5 Å². The van der Waals surface area contributed by atoms with Crippen molar-refractivity contribution >= 4 is 5.82 Å². The fraction of sp³-hybridized carbons (Fsp3) is 0.692. The fourth-order valence-corrected chi connectivity index (χ4v) is 1.87. The number of aromatic nitrogens is 2. The van der Waals surface area contributed by atoms with Gasteiger partial charge in [0.1, 0.15) is 5.82 Å². The summed E-state index contributed by atoms with van der Waals surface area (Å²) < 4.78 is 0. The molecule has 0 atom stereocenters. The van der Waals surface area contributed by atoms with E-state index < -0.39 is 0 Å². The number of nitrogens with zero attached hydrogens (tertiary/aromatic N) is 3. The first-order valence-corrected chi connectivity index (χ1v) is 5.99. The van der Waals surface area contributed by atoms with Crippen LogP contribution in [0.2, 0.25) is 0 Å². The second kappa shape index (κ2) is 5.45. The van der Waals surface area contributed by atoms with Crippen molar-refractivity contribution in [1.29, 1.82) is 0 Å². The smallest absolute Gasteiger partial charge is 0.144 e. The zero-order chi connectivity index (χ0) is 13.1. The summed E-state index contributed by atoms with van der Waals surface area (Å²) in [6.45, 7) is 10.4. The summed E-state index contributed by atoms with van der Waals surface area (Å²) in [6, 6.07) is 0. The van der Waals surface area contributed by atoms with E-state index in [-0.39, 0.29) is 5.41 Å². The Labute approximate surface area is 104 Å². The summed E-state index contributed by atoms with van der Waals surface area (Å²) in [4.78, 5) is 11.0. The largest absolute Gasteiger partial charge is 0.368 e. The molecule has 1 N–H and O–H groups in total. The van der Waals surface area contributed by atoms with Crippen molar-refractivity contribution in [2.45, 2.75) is 27.7 Å². The van der Waals surface area contributed by atoms with Gasteiger partial charge in [-0.15, -0.1) is 0 Å². The molecule has 4 heteroatoms. The van der Waals surface area contributed by atoms with Crippen LogP contribution in [0.25, 0.3) is 0 Å². The molecule has 1 heterocycles. The van der Waals surface area contributed by atoms with E-state index in [9.17, 15) is 0 Å². The zero-order valence-electron chi connectivity index (χ0n) is 11.8. The monoisotopic (exact) mass is 236 g/mol. The summed E-state index contributed by atoms with van der Waals surface area (Å²) in [5.41, 5.74) is 2.19. The third-order valence-electron chi connectivity index (χ3n) is 2.68. The highest BCUT2D eigenvalue weighted by Gasteiger charge is 2.18. The molecule has 0 aliphatic rings. The Bertz CT molecular complexity index is 372. The van der Waals surface area contributed by atoms with E-state index in [1.54, 1.807) is 6.20 Å². The van der Waals surface area contributed by atoms with Crippen molar-refractivity contribution < 1.29 is 0 Å². The van der Waals surface area contributed by atoms with Gasteiger partial charge in [0, 0.05) is 13.1 Å². The zero-order valence-corrected chi connectivity index (χ0v) is 11.8. The van der Waals surface area contributed by atoms with Crippen LogP contribution in [-0.4, -0.2) is 42.1 Å². The lowest BCUT2D eigenvalue weighted by molar-refractivity contribution is 0.254. The van der Waals surface area contributed by atoms with Crippen molar-refractivity contribution in [3.05, 3.63) is 17.6 Å². The molecule has 0 aliphatic heterocycles. The molecule has 0 unspecified atom stereocenters. The highest BCUT2D eigenvalue weighted by Crippen LogP contribution is 2.17.